The predicted molar refractivity (Wildman–Crippen MR) is 114 cm³/mol. The third-order valence-electron chi connectivity index (χ3n) is 4.16. The Kier molecular flexibility index (Phi) is 6.43. The molecule has 0 fully saturated rings. The van der Waals surface area contributed by atoms with Crippen molar-refractivity contribution in [3.8, 4) is 5.75 Å². The number of methoxy groups -OCH3 is 1. The Morgan fingerprint density at radius 3 is 2.53 bits per heavy atom. The predicted octanol–water partition coefficient (Wildman–Crippen LogP) is 3.05. The van der Waals surface area contributed by atoms with E-state index in [9.17, 15) is 13.2 Å². The Balaban J connectivity index is 1.79. The topological polar surface area (TPSA) is 110 Å². The van der Waals surface area contributed by atoms with Crippen molar-refractivity contribution >= 4 is 27.3 Å². The zero-order chi connectivity index (χ0) is 21.6. The van der Waals surface area contributed by atoms with Crippen LogP contribution in [0.1, 0.15) is 22.8 Å². The average molecular weight is 424 g/mol. The van der Waals surface area contributed by atoms with E-state index in [0.717, 1.165) is 5.56 Å². The van der Waals surface area contributed by atoms with Crippen LogP contribution in [-0.2, 0) is 10.0 Å². The molecule has 1 heterocycles. The summed E-state index contributed by atoms with van der Waals surface area (Å²) in [6.45, 7) is 1.73. The molecule has 30 heavy (non-hydrogen) atoms. The maximum atomic E-state index is 12.8. The zero-order valence-electron chi connectivity index (χ0n) is 16.4. The number of hydrogen-bond donors (Lipinski definition) is 2. The molecular weight excluding hydrogens is 404 g/mol. The van der Waals surface area contributed by atoms with E-state index in [-0.39, 0.29) is 10.5 Å². The lowest BCUT2D eigenvalue weighted by atomic mass is 10.2. The van der Waals surface area contributed by atoms with Crippen molar-refractivity contribution in [2.24, 2.45) is 5.10 Å². The first kappa shape index (κ1) is 21.0. The molecule has 1 amide bonds. The van der Waals surface area contributed by atoms with Crippen LogP contribution in [0.4, 0.5) is 5.69 Å². The summed E-state index contributed by atoms with van der Waals surface area (Å²) in [5.41, 5.74) is 4.21. The molecule has 0 aliphatic carbocycles. The third-order valence-corrected chi connectivity index (χ3v) is 5.53. The molecule has 2 aromatic carbocycles. The van der Waals surface area contributed by atoms with Gasteiger partial charge in [0, 0.05) is 23.5 Å². The maximum absolute atomic E-state index is 12.8. The molecule has 3 rings (SSSR count). The van der Waals surface area contributed by atoms with Crippen LogP contribution in [0.3, 0.4) is 0 Å². The van der Waals surface area contributed by atoms with E-state index in [1.165, 1.54) is 31.4 Å². The fourth-order valence-electron chi connectivity index (χ4n) is 2.58. The summed E-state index contributed by atoms with van der Waals surface area (Å²) in [5.74, 6) is -0.150. The molecule has 0 radical (unpaired) electrons. The first-order valence-corrected chi connectivity index (χ1v) is 10.4. The lowest BCUT2D eigenvalue weighted by Gasteiger charge is -2.12. The van der Waals surface area contributed by atoms with Crippen molar-refractivity contribution in [3.05, 3.63) is 84.2 Å². The van der Waals surface area contributed by atoms with Gasteiger partial charge in [-0.3, -0.25) is 14.5 Å². The molecule has 0 saturated carbocycles. The van der Waals surface area contributed by atoms with E-state index in [2.05, 4.69) is 20.2 Å². The Morgan fingerprint density at radius 1 is 1.03 bits per heavy atom. The van der Waals surface area contributed by atoms with E-state index in [1.807, 2.05) is 6.07 Å². The van der Waals surface area contributed by atoms with Crippen molar-refractivity contribution < 1.29 is 17.9 Å². The van der Waals surface area contributed by atoms with Crippen molar-refractivity contribution in [2.45, 2.75) is 11.8 Å². The molecule has 0 atom stereocenters. The van der Waals surface area contributed by atoms with E-state index < -0.39 is 15.9 Å². The van der Waals surface area contributed by atoms with Gasteiger partial charge in [-0.25, -0.2) is 13.8 Å². The highest BCUT2D eigenvalue weighted by Crippen LogP contribution is 2.26. The lowest BCUT2D eigenvalue weighted by molar-refractivity contribution is 0.0954. The SMILES string of the molecule is COc1ccccc1NS(=O)(=O)c1cccc(C(=O)N/N=C(\C)c2cccnc2)c1. The molecule has 0 aliphatic heterocycles. The molecule has 2 N–H and O–H groups in total. The highest BCUT2D eigenvalue weighted by atomic mass is 32.2. The second-order valence-electron chi connectivity index (χ2n) is 6.21. The van der Waals surface area contributed by atoms with Gasteiger partial charge in [-0.15, -0.1) is 0 Å². The molecule has 8 nitrogen and oxygen atoms in total. The van der Waals surface area contributed by atoms with Gasteiger partial charge in [-0.2, -0.15) is 5.10 Å². The number of nitrogens with zero attached hydrogens (tertiary/aromatic N) is 2. The van der Waals surface area contributed by atoms with Crippen LogP contribution >= 0.6 is 0 Å². The number of hydrogen-bond acceptors (Lipinski definition) is 6. The number of para-hydroxylation sites is 2. The summed E-state index contributed by atoms with van der Waals surface area (Å²) >= 11 is 0. The number of anilines is 1. The van der Waals surface area contributed by atoms with Gasteiger partial charge in [0.25, 0.3) is 15.9 Å². The molecule has 9 heteroatoms. The number of carbonyl (C=O) groups is 1. The molecule has 1 aromatic heterocycles. The molecule has 3 aromatic rings. The van der Waals surface area contributed by atoms with Gasteiger partial charge in [0.05, 0.1) is 23.4 Å². The number of pyridine rings is 1. The Morgan fingerprint density at radius 2 is 1.80 bits per heavy atom. The van der Waals surface area contributed by atoms with Gasteiger partial charge < -0.3 is 4.74 Å². The van der Waals surface area contributed by atoms with Gasteiger partial charge >= 0.3 is 0 Å². The van der Waals surface area contributed by atoms with Crippen molar-refractivity contribution in [2.75, 3.05) is 11.8 Å². The van der Waals surface area contributed by atoms with E-state index in [1.54, 1.807) is 49.6 Å². The van der Waals surface area contributed by atoms with Gasteiger partial charge in [0.1, 0.15) is 5.75 Å². The van der Waals surface area contributed by atoms with E-state index >= 15 is 0 Å². The number of amides is 1. The zero-order valence-corrected chi connectivity index (χ0v) is 17.2. The summed E-state index contributed by atoms with van der Waals surface area (Å²) < 4.78 is 33.2. The number of aromatic nitrogens is 1. The minimum absolute atomic E-state index is 0.0611. The molecule has 0 saturated heterocycles. The summed E-state index contributed by atoms with van der Waals surface area (Å²) in [6, 6.07) is 15.9. The van der Waals surface area contributed by atoms with Crippen molar-refractivity contribution in [1.29, 1.82) is 0 Å². The highest BCUT2D eigenvalue weighted by Gasteiger charge is 2.18. The average Bonchev–Trinajstić information content (AvgIpc) is 2.78. The van der Waals surface area contributed by atoms with Crippen LogP contribution in [0.5, 0.6) is 5.75 Å². The Hall–Kier alpha value is -3.72. The van der Waals surface area contributed by atoms with Crippen LogP contribution in [-0.4, -0.2) is 32.1 Å². The van der Waals surface area contributed by atoms with Crippen LogP contribution in [0.15, 0.2) is 83.1 Å². The fourth-order valence-corrected chi connectivity index (χ4v) is 3.69. The number of benzene rings is 2. The molecular formula is C21H20N4O4S. The first-order chi connectivity index (χ1) is 14.4. The highest BCUT2D eigenvalue weighted by molar-refractivity contribution is 7.92. The molecule has 0 bridgehead atoms. The first-order valence-electron chi connectivity index (χ1n) is 8.91. The van der Waals surface area contributed by atoms with Crippen LogP contribution < -0.4 is 14.9 Å². The fraction of sp³-hybridized carbons (Fsp3) is 0.0952. The lowest BCUT2D eigenvalue weighted by Crippen LogP contribution is -2.20. The summed E-state index contributed by atoms with van der Waals surface area (Å²) in [5, 5.41) is 4.05. The minimum Gasteiger partial charge on any atom is -0.495 e. The van der Waals surface area contributed by atoms with Gasteiger partial charge in [0.15, 0.2) is 0 Å². The Bertz CT molecular complexity index is 1180. The van der Waals surface area contributed by atoms with Gasteiger partial charge in [0.2, 0.25) is 0 Å². The number of hydrazone groups is 1. The standard InChI is InChI=1S/C21H20N4O4S/c1-15(17-8-6-12-22-14-17)23-24-21(26)16-7-5-9-18(13-16)30(27,28)25-19-10-3-4-11-20(19)29-2/h3-14,25H,1-2H3,(H,24,26)/b23-15+. The minimum atomic E-state index is -3.93. The summed E-state index contributed by atoms with van der Waals surface area (Å²) in [7, 11) is -2.48. The largest absolute Gasteiger partial charge is 0.495 e. The normalized spacial score (nSPS) is 11.6. The van der Waals surface area contributed by atoms with E-state index in [4.69, 9.17) is 4.74 Å². The number of nitrogens with one attached hydrogen (secondary N) is 2. The van der Waals surface area contributed by atoms with Gasteiger partial charge in [-0.05, 0) is 43.3 Å². The molecule has 0 aliphatic rings. The number of rotatable bonds is 7. The third kappa shape index (κ3) is 5.00. The molecule has 0 unspecified atom stereocenters. The van der Waals surface area contributed by atoms with Crippen molar-refractivity contribution in [1.82, 2.24) is 10.4 Å². The smallest absolute Gasteiger partial charge is 0.271 e. The molecule has 154 valence electrons. The molecule has 0 spiro atoms. The number of sulfonamides is 1. The monoisotopic (exact) mass is 424 g/mol. The number of ether oxygens (including phenoxy) is 1. The number of carbonyl (C=O) groups excluding carboxylic acids is 1. The second-order valence-corrected chi connectivity index (χ2v) is 7.90. The Labute approximate surface area is 174 Å². The second kappa shape index (κ2) is 9.19. The van der Waals surface area contributed by atoms with Crippen LogP contribution in [0.25, 0.3) is 0 Å². The quantitative estimate of drug-likeness (QED) is 0.447. The van der Waals surface area contributed by atoms with Crippen LogP contribution in [0, 0.1) is 0 Å². The van der Waals surface area contributed by atoms with Crippen molar-refractivity contribution in [3.63, 3.8) is 0 Å². The van der Waals surface area contributed by atoms with E-state index in [0.29, 0.717) is 17.1 Å². The van der Waals surface area contributed by atoms with Crippen LogP contribution in [0.2, 0.25) is 0 Å². The van der Waals surface area contributed by atoms with Gasteiger partial charge in [-0.1, -0.05) is 24.3 Å². The summed E-state index contributed by atoms with van der Waals surface area (Å²) in [4.78, 5) is 16.4. The summed E-state index contributed by atoms with van der Waals surface area (Å²) in [6.07, 6.45) is 3.27. The maximum Gasteiger partial charge on any atom is 0.271 e.